The van der Waals surface area contributed by atoms with E-state index < -0.39 is 21.9 Å². The van der Waals surface area contributed by atoms with Gasteiger partial charge in [0.1, 0.15) is 10.5 Å². The lowest BCUT2D eigenvalue weighted by molar-refractivity contribution is -0.120. The molecule has 1 aliphatic rings. The first-order valence-electron chi connectivity index (χ1n) is 10.5. The fraction of sp³-hybridized carbons (Fsp3) is 0.455. The Balaban J connectivity index is 1.83. The van der Waals surface area contributed by atoms with Crippen LogP contribution in [0, 0.1) is 26.7 Å². The number of nitrogens with one attached hydrogen (secondary N) is 2. The number of aromatic nitrogens is 1. The monoisotopic (exact) mass is 481 g/mol. The van der Waals surface area contributed by atoms with Crippen LogP contribution in [0.3, 0.4) is 0 Å². The first-order chi connectivity index (χ1) is 15.1. The van der Waals surface area contributed by atoms with Gasteiger partial charge in [-0.3, -0.25) is 4.79 Å². The molecule has 32 heavy (non-hydrogen) atoms. The Hall–Kier alpha value is -2.36. The van der Waals surface area contributed by atoms with Crippen LogP contribution in [0.4, 0.5) is 5.69 Å². The number of nitrogens with zero attached hydrogens (tertiary/aromatic N) is 1. The quantitative estimate of drug-likeness (QED) is 0.610. The standard InChI is InChI=1S/C22H28ClN3O5S/c1-5-31-22(28)19-14(3)24-15(4)20(19)32(29,30)26-10-6-7-16(12-26)21(27)25-17-9-8-13(2)18(23)11-17/h8-9,11,16,24H,5-7,10,12H2,1-4H3,(H,25,27)/t16-/m1/s1. The summed E-state index contributed by atoms with van der Waals surface area (Å²) < 4.78 is 33.4. The summed E-state index contributed by atoms with van der Waals surface area (Å²) in [6.45, 7) is 7.21. The molecule has 0 spiro atoms. The number of rotatable bonds is 6. The third-order valence-corrected chi connectivity index (χ3v) is 8.03. The average molecular weight is 482 g/mol. The Morgan fingerprint density at radius 2 is 1.97 bits per heavy atom. The van der Waals surface area contributed by atoms with Crippen LogP contribution in [-0.4, -0.2) is 49.3 Å². The van der Waals surface area contributed by atoms with Gasteiger partial charge in [-0.25, -0.2) is 13.2 Å². The predicted molar refractivity (Wildman–Crippen MR) is 123 cm³/mol. The summed E-state index contributed by atoms with van der Waals surface area (Å²) in [7, 11) is -4.02. The van der Waals surface area contributed by atoms with Crippen molar-refractivity contribution in [2.75, 3.05) is 25.0 Å². The molecule has 1 aromatic carbocycles. The topological polar surface area (TPSA) is 109 Å². The molecule has 0 aliphatic carbocycles. The van der Waals surface area contributed by atoms with Crippen LogP contribution in [0.2, 0.25) is 5.02 Å². The Labute approximate surface area is 193 Å². The smallest absolute Gasteiger partial charge is 0.341 e. The van der Waals surface area contributed by atoms with Gasteiger partial charge in [0.15, 0.2) is 0 Å². The minimum Gasteiger partial charge on any atom is -0.462 e. The van der Waals surface area contributed by atoms with E-state index in [1.54, 1.807) is 32.9 Å². The van der Waals surface area contributed by atoms with Crippen LogP contribution in [-0.2, 0) is 19.6 Å². The van der Waals surface area contributed by atoms with E-state index in [-0.39, 0.29) is 36.1 Å². The number of sulfonamides is 1. The van der Waals surface area contributed by atoms with Crippen molar-refractivity contribution in [1.29, 1.82) is 0 Å². The predicted octanol–water partition coefficient (Wildman–Crippen LogP) is 3.81. The van der Waals surface area contributed by atoms with Crippen LogP contribution >= 0.6 is 11.6 Å². The number of aromatic amines is 1. The molecule has 1 saturated heterocycles. The highest BCUT2D eigenvalue weighted by molar-refractivity contribution is 7.89. The van der Waals surface area contributed by atoms with E-state index in [0.717, 1.165) is 5.56 Å². The number of hydrogen-bond acceptors (Lipinski definition) is 5. The molecule has 0 saturated carbocycles. The van der Waals surface area contributed by atoms with Gasteiger partial charge in [-0.1, -0.05) is 17.7 Å². The molecule has 10 heteroatoms. The van der Waals surface area contributed by atoms with Crippen LogP contribution < -0.4 is 5.32 Å². The molecule has 1 aliphatic heterocycles. The van der Waals surface area contributed by atoms with Crippen molar-refractivity contribution in [3.63, 3.8) is 0 Å². The molecule has 0 bridgehead atoms. The van der Waals surface area contributed by atoms with Gasteiger partial charge in [0.25, 0.3) is 0 Å². The van der Waals surface area contributed by atoms with Crippen molar-refractivity contribution >= 4 is 39.2 Å². The van der Waals surface area contributed by atoms with Crippen molar-refractivity contribution in [2.45, 2.75) is 45.4 Å². The first-order valence-corrected chi connectivity index (χ1v) is 12.3. The van der Waals surface area contributed by atoms with Gasteiger partial charge in [-0.2, -0.15) is 4.31 Å². The number of anilines is 1. The third kappa shape index (κ3) is 4.84. The Kier molecular flexibility index (Phi) is 7.32. The molecule has 3 rings (SSSR count). The van der Waals surface area contributed by atoms with Gasteiger partial charge < -0.3 is 15.0 Å². The zero-order chi connectivity index (χ0) is 23.6. The van der Waals surface area contributed by atoms with E-state index in [1.165, 1.54) is 4.31 Å². The number of hydrogen-bond donors (Lipinski definition) is 2. The molecule has 2 N–H and O–H groups in total. The first kappa shape index (κ1) is 24.3. The highest BCUT2D eigenvalue weighted by atomic mass is 35.5. The number of carbonyl (C=O) groups is 2. The van der Waals surface area contributed by atoms with Gasteiger partial charge in [-0.05, 0) is 58.2 Å². The summed E-state index contributed by atoms with van der Waals surface area (Å²) in [6, 6.07) is 5.24. The average Bonchev–Trinajstić information content (AvgIpc) is 3.05. The summed E-state index contributed by atoms with van der Waals surface area (Å²) in [5, 5.41) is 3.37. The number of aryl methyl sites for hydroxylation is 3. The lowest BCUT2D eigenvalue weighted by atomic mass is 9.98. The number of H-pyrrole nitrogens is 1. The fourth-order valence-corrected chi connectivity index (χ4v) is 6.07. The molecular weight excluding hydrogens is 454 g/mol. The molecule has 174 valence electrons. The zero-order valence-electron chi connectivity index (χ0n) is 18.6. The molecule has 1 atom stereocenters. The van der Waals surface area contributed by atoms with Gasteiger partial charge in [0, 0.05) is 35.2 Å². The van der Waals surface area contributed by atoms with Gasteiger partial charge >= 0.3 is 5.97 Å². The van der Waals surface area contributed by atoms with Crippen LogP contribution in [0.1, 0.15) is 47.1 Å². The van der Waals surface area contributed by atoms with Crippen LogP contribution in [0.5, 0.6) is 0 Å². The number of amides is 1. The minimum atomic E-state index is -4.02. The van der Waals surface area contributed by atoms with Crippen LogP contribution in [0.25, 0.3) is 0 Å². The summed E-state index contributed by atoms with van der Waals surface area (Å²) in [4.78, 5) is 28.2. The second-order valence-electron chi connectivity index (χ2n) is 7.96. The fourth-order valence-electron chi connectivity index (χ4n) is 3.95. The van der Waals surface area contributed by atoms with Gasteiger partial charge in [0.05, 0.1) is 12.5 Å². The molecule has 1 fully saturated rings. The summed E-state index contributed by atoms with van der Waals surface area (Å²) in [5.41, 5.74) is 2.28. The van der Waals surface area contributed by atoms with E-state index in [4.69, 9.17) is 16.3 Å². The molecule has 0 unspecified atom stereocenters. The maximum Gasteiger partial charge on any atom is 0.341 e. The van der Waals surface area contributed by atoms with Crippen molar-refractivity contribution in [1.82, 2.24) is 9.29 Å². The van der Waals surface area contributed by atoms with Gasteiger partial charge in [0.2, 0.25) is 15.9 Å². The maximum absolute atomic E-state index is 13.5. The Morgan fingerprint density at radius 1 is 1.25 bits per heavy atom. The number of halogens is 1. The molecule has 8 nitrogen and oxygen atoms in total. The summed E-state index contributed by atoms with van der Waals surface area (Å²) in [5.74, 6) is -1.47. The molecule has 1 aromatic heterocycles. The van der Waals surface area contributed by atoms with E-state index in [0.29, 0.717) is 34.9 Å². The van der Waals surface area contributed by atoms with Crippen molar-refractivity contribution < 1.29 is 22.7 Å². The summed E-state index contributed by atoms with van der Waals surface area (Å²) >= 11 is 6.13. The number of piperidine rings is 1. The van der Waals surface area contributed by atoms with Gasteiger partial charge in [-0.15, -0.1) is 0 Å². The highest BCUT2D eigenvalue weighted by Crippen LogP contribution is 2.31. The second kappa shape index (κ2) is 9.64. The lowest BCUT2D eigenvalue weighted by Gasteiger charge is -2.31. The van der Waals surface area contributed by atoms with Crippen molar-refractivity contribution in [3.8, 4) is 0 Å². The number of carbonyl (C=O) groups excluding carboxylic acids is 2. The Bertz CT molecular complexity index is 1140. The molecular formula is C22H28ClN3O5S. The van der Waals surface area contributed by atoms with E-state index in [2.05, 4.69) is 10.3 Å². The SMILES string of the molecule is CCOC(=O)c1c(C)[nH]c(C)c1S(=O)(=O)N1CCC[C@@H](C(=O)Nc2ccc(C)c(Cl)c2)C1. The lowest BCUT2D eigenvalue weighted by Crippen LogP contribution is -2.44. The number of benzene rings is 1. The third-order valence-electron chi connectivity index (χ3n) is 5.59. The van der Waals surface area contributed by atoms with E-state index in [9.17, 15) is 18.0 Å². The van der Waals surface area contributed by atoms with E-state index >= 15 is 0 Å². The van der Waals surface area contributed by atoms with E-state index in [1.807, 2.05) is 13.0 Å². The second-order valence-corrected chi connectivity index (χ2v) is 10.2. The molecule has 2 heterocycles. The number of esters is 1. The Morgan fingerprint density at radius 3 is 2.62 bits per heavy atom. The molecule has 2 aromatic rings. The van der Waals surface area contributed by atoms with Crippen molar-refractivity contribution in [2.24, 2.45) is 5.92 Å². The molecule has 1 amide bonds. The highest BCUT2D eigenvalue weighted by Gasteiger charge is 2.38. The van der Waals surface area contributed by atoms with Crippen LogP contribution in [0.15, 0.2) is 23.1 Å². The molecule has 0 radical (unpaired) electrons. The largest absolute Gasteiger partial charge is 0.462 e. The normalized spacial score (nSPS) is 17.2. The minimum absolute atomic E-state index is 0.0187. The number of ether oxygens (including phenoxy) is 1. The zero-order valence-corrected chi connectivity index (χ0v) is 20.2. The van der Waals surface area contributed by atoms with Crippen molar-refractivity contribution in [3.05, 3.63) is 45.7 Å². The summed E-state index contributed by atoms with van der Waals surface area (Å²) in [6.07, 6.45) is 1.09. The maximum atomic E-state index is 13.5.